The van der Waals surface area contributed by atoms with Crippen molar-refractivity contribution >= 4 is 21.6 Å². The summed E-state index contributed by atoms with van der Waals surface area (Å²) >= 11 is 0. The van der Waals surface area contributed by atoms with E-state index < -0.39 is 10.0 Å². The number of anilines is 1. The highest BCUT2D eigenvalue weighted by Crippen LogP contribution is 2.20. The van der Waals surface area contributed by atoms with Gasteiger partial charge in [0, 0.05) is 5.56 Å². The summed E-state index contributed by atoms with van der Waals surface area (Å²) in [5, 5.41) is 2.99. The summed E-state index contributed by atoms with van der Waals surface area (Å²) in [6.07, 6.45) is 1.85. The lowest BCUT2D eigenvalue weighted by Gasteiger charge is -2.18. The van der Waals surface area contributed by atoms with E-state index in [1.165, 1.54) is 0 Å². The molecule has 6 heteroatoms. The Labute approximate surface area is 143 Å². The van der Waals surface area contributed by atoms with Crippen LogP contribution in [0.1, 0.15) is 40.9 Å². The highest BCUT2D eigenvalue weighted by Gasteiger charge is 2.15. The van der Waals surface area contributed by atoms with E-state index in [2.05, 4.69) is 10.0 Å². The van der Waals surface area contributed by atoms with Gasteiger partial charge in [0.1, 0.15) is 0 Å². The number of sulfonamides is 1. The monoisotopic (exact) mass is 346 g/mol. The molecule has 1 atom stereocenters. The molecule has 5 nitrogen and oxygen atoms in total. The van der Waals surface area contributed by atoms with Crippen LogP contribution in [0.15, 0.2) is 48.5 Å². The van der Waals surface area contributed by atoms with Gasteiger partial charge < -0.3 is 5.32 Å². The van der Waals surface area contributed by atoms with Crippen molar-refractivity contribution < 1.29 is 13.2 Å². The van der Waals surface area contributed by atoms with Gasteiger partial charge in [-0.1, -0.05) is 43.3 Å². The van der Waals surface area contributed by atoms with Gasteiger partial charge in [0.25, 0.3) is 5.91 Å². The highest BCUT2D eigenvalue weighted by molar-refractivity contribution is 7.92. The third kappa shape index (κ3) is 4.83. The first kappa shape index (κ1) is 18.0. The van der Waals surface area contributed by atoms with Gasteiger partial charge in [-0.25, -0.2) is 8.42 Å². The maximum absolute atomic E-state index is 12.5. The predicted octanol–water partition coefficient (Wildman–Crippen LogP) is 3.25. The number of benzene rings is 2. The standard InChI is InChI=1S/C18H22N2O3S/c1-4-16(14-8-6-5-7-9-14)19-18(21)15-11-10-13(2)17(12-15)20-24(3,22)23/h5-12,16,20H,4H2,1-3H3,(H,19,21). The summed E-state index contributed by atoms with van der Waals surface area (Å²) in [5.41, 5.74) is 2.63. The van der Waals surface area contributed by atoms with Crippen LogP contribution in [0.5, 0.6) is 0 Å². The summed E-state index contributed by atoms with van der Waals surface area (Å²) in [7, 11) is -3.39. The fourth-order valence-electron chi connectivity index (χ4n) is 2.42. The average Bonchev–Trinajstić information content (AvgIpc) is 2.54. The first-order valence-corrected chi connectivity index (χ1v) is 9.63. The number of hydrogen-bond donors (Lipinski definition) is 2. The third-order valence-corrected chi connectivity index (χ3v) is 4.30. The molecule has 0 saturated heterocycles. The molecular formula is C18H22N2O3S. The second kappa shape index (κ2) is 7.49. The molecule has 0 aliphatic heterocycles. The van der Waals surface area contributed by atoms with Gasteiger partial charge >= 0.3 is 0 Å². The molecule has 0 radical (unpaired) electrons. The summed E-state index contributed by atoms with van der Waals surface area (Å²) in [4.78, 5) is 12.5. The fraction of sp³-hybridized carbons (Fsp3) is 0.278. The minimum Gasteiger partial charge on any atom is -0.345 e. The molecule has 24 heavy (non-hydrogen) atoms. The molecule has 0 saturated carbocycles. The lowest BCUT2D eigenvalue weighted by atomic mass is 10.0. The lowest BCUT2D eigenvalue weighted by Crippen LogP contribution is -2.28. The molecule has 2 rings (SSSR count). The van der Waals surface area contributed by atoms with E-state index in [-0.39, 0.29) is 11.9 Å². The maximum Gasteiger partial charge on any atom is 0.251 e. The molecule has 0 aliphatic carbocycles. The molecule has 1 amide bonds. The van der Waals surface area contributed by atoms with Gasteiger partial charge in [-0.2, -0.15) is 0 Å². The zero-order chi connectivity index (χ0) is 17.7. The van der Waals surface area contributed by atoms with Crippen LogP contribution >= 0.6 is 0 Å². The second-order valence-electron chi connectivity index (χ2n) is 5.75. The molecule has 0 spiro atoms. The Bertz CT molecular complexity index is 817. The van der Waals surface area contributed by atoms with Gasteiger partial charge in [-0.3, -0.25) is 9.52 Å². The molecule has 0 fully saturated rings. The Morgan fingerprint density at radius 2 is 1.79 bits per heavy atom. The SMILES string of the molecule is CCC(NC(=O)c1ccc(C)c(NS(C)(=O)=O)c1)c1ccccc1. The van der Waals surface area contributed by atoms with Gasteiger partial charge in [0.05, 0.1) is 18.0 Å². The molecule has 0 aliphatic rings. The average molecular weight is 346 g/mol. The second-order valence-corrected chi connectivity index (χ2v) is 7.50. The topological polar surface area (TPSA) is 75.3 Å². The van der Waals surface area contributed by atoms with Crippen molar-refractivity contribution in [3.05, 3.63) is 65.2 Å². The van der Waals surface area contributed by atoms with Gasteiger partial charge in [-0.15, -0.1) is 0 Å². The van der Waals surface area contributed by atoms with Crippen molar-refractivity contribution in [1.29, 1.82) is 0 Å². The lowest BCUT2D eigenvalue weighted by molar-refractivity contribution is 0.0935. The van der Waals surface area contributed by atoms with Gasteiger partial charge in [-0.05, 0) is 36.6 Å². The molecule has 2 N–H and O–H groups in total. The van der Waals surface area contributed by atoms with E-state index in [1.54, 1.807) is 25.1 Å². The Kier molecular flexibility index (Phi) is 5.62. The largest absolute Gasteiger partial charge is 0.345 e. The normalized spacial score (nSPS) is 12.5. The van der Waals surface area contributed by atoms with Crippen molar-refractivity contribution in [1.82, 2.24) is 5.32 Å². The van der Waals surface area contributed by atoms with E-state index in [0.717, 1.165) is 23.8 Å². The predicted molar refractivity (Wildman–Crippen MR) is 96.6 cm³/mol. The molecule has 0 aromatic heterocycles. The van der Waals surface area contributed by atoms with E-state index >= 15 is 0 Å². The van der Waals surface area contributed by atoms with Crippen LogP contribution in [-0.2, 0) is 10.0 Å². The minimum absolute atomic E-state index is 0.0914. The number of rotatable bonds is 6. The van der Waals surface area contributed by atoms with E-state index in [9.17, 15) is 13.2 Å². The van der Waals surface area contributed by atoms with Crippen molar-refractivity contribution in [3.8, 4) is 0 Å². The third-order valence-electron chi connectivity index (χ3n) is 3.71. The molecular weight excluding hydrogens is 324 g/mol. The molecule has 0 heterocycles. The highest BCUT2D eigenvalue weighted by atomic mass is 32.2. The minimum atomic E-state index is -3.39. The van der Waals surface area contributed by atoms with Crippen molar-refractivity contribution in [3.63, 3.8) is 0 Å². The number of nitrogens with one attached hydrogen (secondary N) is 2. The van der Waals surface area contributed by atoms with Crippen LogP contribution in [0.3, 0.4) is 0 Å². The van der Waals surface area contributed by atoms with Crippen molar-refractivity contribution in [2.24, 2.45) is 0 Å². The Morgan fingerprint density at radius 1 is 1.12 bits per heavy atom. The molecule has 2 aromatic rings. The maximum atomic E-state index is 12.5. The van der Waals surface area contributed by atoms with Crippen LogP contribution in [-0.4, -0.2) is 20.6 Å². The van der Waals surface area contributed by atoms with Crippen LogP contribution in [0, 0.1) is 6.92 Å². The molecule has 2 aromatic carbocycles. The van der Waals surface area contributed by atoms with Crippen LogP contribution in [0.25, 0.3) is 0 Å². The summed E-state index contributed by atoms with van der Waals surface area (Å²) in [6, 6.07) is 14.6. The van der Waals surface area contributed by atoms with E-state index in [0.29, 0.717) is 11.3 Å². The molecule has 128 valence electrons. The van der Waals surface area contributed by atoms with Gasteiger partial charge in [0.2, 0.25) is 10.0 Å². The zero-order valence-electron chi connectivity index (χ0n) is 14.0. The van der Waals surface area contributed by atoms with Crippen molar-refractivity contribution in [2.75, 3.05) is 11.0 Å². The number of carbonyl (C=O) groups excluding carboxylic acids is 1. The number of hydrogen-bond acceptors (Lipinski definition) is 3. The van der Waals surface area contributed by atoms with Crippen LogP contribution in [0.4, 0.5) is 5.69 Å². The first-order chi connectivity index (χ1) is 11.3. The molecule has 1 unspecified atom stereocenters. The van der Waals surface area contributed by atoms with Gasteiger partial charge in [0.15, 0.2) is 0 Å². The summed E-state index contributed by atoms with van der Waals surface area (Å²) in [6.45, 7) is 3.79. The Balaban J connectivity index is 2.22. The summed E-state index contributed by atoms with van der Waals surface area (Å²) in [5.74, 6) is -0.234. The quantitative estimate of drug-likeness (QED) is 0.843. The first-order valence-electron chi connectivity index (χ1n) is 7.74. The van der Waals surface area contributed by atoms with Crippen LogP contribution < -0.4 is 10.0 Å². The van der Waals surface area contributed by atoms with E-state index in [1.807, 2.05) is 37.3 Å². The van der Waals surface area contributed by atoms with Crippen molar-refractivity contribution in [2.45, 2.75) is 26.3 Å². The Hall–Kier alpha value is -2.34. The number of amides is 1. The fourth-order valence-corrected chi connectivity index (χ4v) is 3.04. The smallest absolute Gasteiger partial charge is 0.251 e. The Morgan fingerprint density at radius 3 is 2.38 bits per heavy atom. The summed E-state index contributed by atoms with van der Waals surface area (Å²) < 4.78 is 25.3. The number of carbonyl (C=O) groups is 1. The van der Waals surface area contributed by atoms with Crippen LogP contribution in [0.2, 0.25) is 0 Å². The zero-order valence-corrected chi connectivity index (χ0v) is 14.9. The number of aryl methyl sites for hydroxylation is 1. The van der Waals surface area contributed by atoms with E-state index in [4.69, 9.17) is 0 Å². The molecule has 0 bridgehead atoms.